The van der Waals surface area contributed by atoms with Crippen molar-refractivity contribution in [1.82, 2.24) is 10.3 Å². The molecule has 4 N–H and O–H groups in total. The average molecular weight is 531 g/mol. The van der Waals surface area contributed by atoms with Gasteiger partial charge in [-0.25, -0.2) is 13.4 Å². The first-order valence-corrected chi connectivity index (χ1v) is 13.6. The smallest absolute Gasteiger partial charge is 0.262 e. The molecule has 1 amide bonds. The van der Waals surface area contributed by atoms with Crippen LogP contribution in [-0.2, 0) is 27.8 Å². The molecule has 1 aromatic heterocycles. The van der Waals surface area contributed by atoms with Gasteiger partial charge in [0.15, 0.2) is 0 Å². The zero-order valence-corrected chi connectivity index (χ0v) is 22.3. The van der Waals surface area contributed by atoms with E-state index in [0.717, 1.165) is 22.5 Å². The number of carbonyl (C=O) groups is 1. The first-order valence-electron chi connectivity index (χ1n) is 12.1. The lowest BCUT2D eigenvalue weighted by atomic mass is 10.0. The Balaban J connectivity index is 1.42. The number of benzene rings is 3. The molecule has 1 heterocycles. The Morgan fingerprint density at radius 3 is 2.39 bits per heavy atom. The van der Waals surface area contributed by atoms with E-state index in [2.05, 4.69) is 20.3 Å². The third kappa shape index (κ3) is 6.49. The molecule has 0 bridgehead atoms. The number of anilines is 3. The molecule has 0 aliphatic heterocycles. The maximum absolute atomic E-state index is 12.8. The van der Waals surface area contributed by atoms with Crippen LogP contribution in [0.25, 0.3) is 0 Å². The van der Waals surface area contributed by atoms with Crippen LogP contribution in [0.3, 0.4) is 0 Å². The van der Waals surface area contributed by atoms with Crippen molar-refractivity contribution in [3.05, 3.63) is 107 Å². The highest BCUT2D eigenvalue weighted by Crippen LogP contribution is 2.32. The number of phenolic OH excluding ortho intramolecular Hbond substituents is 1. The quantitative estimate of drug-likeness (QED) is 0.223. The molecule has 4 aromatic rings. The maximum atomic E-state index is 12.8. The summed E-state index contributed by atoms with van der Waals surface area (Å²) in [6.45, 7) is 5.69. The first-order chi connectivity index (χ1) is 18.1. The standard InChI is InChI=1S/C29H30N4O4S/c1-19-8-7-11-24(16-19)38(36,37)33-26-14-12-20(2)25(29(26)35)17-28(34)30-18-22-13-15-27(31-21(22)3)32-23-9-5-4-6-10-23/h4-16,33,35H,17-18H2,1-3H3,(H,30,34)(H,31,32). The lowest BCUT2D eigenvalue weighted by molar-refractivity contribution is -0.120. The molecular formula is C29H30N4O4S. The number of aromatic nitrogens is 1. The van der Waals surface area contributed by atoms with Gasteiger partial charge in [-0.15, -0.1) is 0 Å². The maximum Gasteiger partial charge on any atom is 0.262 e. The highest BCUT2D eigenvalue weighted by molar-refractivity contribution is 7.92. The molecule has 0 unspecified atom stereocenters. The van der Waals surface area contributed by atoms with E-state index >= 15 is 0 Å². The molecule has 8 nitrogen and oxygen atoms in total. The molecule has 4 rings (SSSR count). The van der Waals surface area contributed by atoms with E-state index in [1.165, 1.54) is 12.1 Å². The fourth-order valence-corrected chi connectivity index (χ4v) is 5.13. The van der Waals surface area contributed by atoms with Crippen molar-refractivity contribution < 1.29 is 18.3 Å². The molecule has 9 heteroatoms. The van der Waals surface area contributed by atoms with Gasteiger partial charge in [0.25, 0.3) is 10.0 Å². The lowest BCUT2D eigenvalue weighted by Crippen LogP contribution is -2.25. The van der Waals surface area contributed by atoms with Crippen LogP contribution in [0.15, 0.2) is 83.8 Å². The number of hydrogen-bond donors (Lipinski definition) is 4. The van der Waals surface area contributed by atoms with E-state index in [-0.39, 0.29) is 35.2 Å². The number of para-hydroxylation sites is 1. The Hall–Kier alpha value is -4.37. The number of pyridine rings is 1. The topological polar surface area (TPSA) is 120 Å². The minimum atomic E-state index is -3.91. The van der Waals surface area contributed by atoms with E-state index in [4.69, 9.17) is 0 Å². The zero-order valence-electron chi connectivity index (χ0n) is 21.4. The van der Waals surface area contributed by atoms with E-state index in [1.54, 1.807) is 38.1 Å². The van der Waals surface area contributed by atoms with Crippen molar-refractivity contribution in [2.45, 2.75) is 38.6 Å². The third-order valence-corrected chi connectivity index (χ3v) is 7.48. The molecular weight excluding hydrogens is 500 g/mol. The summed E-state index contributed by atoms with van der Waals surface area (Å²) in [6, 6.07) is 23.1. The second-order valence-corrected chi connectivity index (χ2v) is 10.7. The highest BCUT2D eigenvalue weighted by atomic mass is 32.2. The monoisotopic (exact) mass is 530 g/mol. The van der Waals surface area contributed by atoms with Gasteiger partial charge < -0.3 is 15.7 Å². The van der Waals surface area contributed by atoms with Crippen molar-refractivity contribution in [2.75, 3.05) is 10.0 Å². The van der Waals surface area contributed by atoms with Gasteiger partial charge in [0, 0.05) is 23.5 Å². The number of amides is 1. The van der Waals surface area contributed by atoms with Gasteiger partial charge >= 0.3 is 0 Å². The third-order valence-electron chi connectivity index (χ3n) is 6.12. The molecule has 0 atom stereocenters. The summed E-state index contributed by atoms with van der Waals surface area (Å²) in [7, 11) is -3.91. The predicted molar refractivity (Wildman–Crippen MR) is 149 cm³/mol. The van der Waals surface area contributed by atoms with Gasteiger partial charge in [-0.3, -0.25) is 9.52 Å². The largest absolute Gasteiger partial charge is 0.505 e. The number of hydrogen-bond acceptors (Lipinski definition) is 6. The SMILES string of the molecule is Cc1cccc(S(=O)(=O)Nc2ccc(C)c(CC(=O)NCc3ccc(Nc4ccccc4)nc3C)c2O)c1. The summed E-state index contributed by atoms with van der Waals surface area (Å²) < 4.78 is 28.1. The van der Waals surface area contributed by atoms with Gasteiger partial charge in [0.1, 0.15) is 11.6 Å². The van der Waals surface area contributed by atoms with Crippen LogP contribution in [-0.4, -0.2) is 24.4 Å². The highest BCUT2D eigenvalue weighted by Gasteiger charge is 2.20. The molecule has 0 fully saturated rings. The number of nitrogens with zero attached hydrogens (tertiary/aromatic N) is 1. The minimum Gasteiger partial charge on any atom is -0.505 e. The summed E-state index contributed by atoms with van der Waals surface area (Å²) in [5, 5.41) is 16.9. The van der Waals surface area contributed by atoms with Crippen molar-refractivity contribution >= 4 is 33.1 Å². The van der Waals surface area contributed by atoms with Gasteiger partial charge in [0.2, 0.25) is 5.91 Å². The second kappa shape index (κ2) is 11.4. The van der Waals surface area contributed by atoms with Crippen LogP contribution in [0.4, 0.5) is 17.2 Å². The summed E-state index contributed by atoms with van der Waals surface area (Å²) >= 11 is 0. The normalized spacial score (nSPS) is 11.1. The Labute approximate surface area is 222 Å². The Morgan fingerprint density at radius 2 is 1.68 bits per heavy atom. The Morgan fingerprint density at radius 1 is 0.921 bits per heavy atom. The summed E-state index contributed by atoms with van der Waals surface area (Å²) in [4.78, 5) is 17.4. The number of carbonyl (C=O) groups excluding carboxylic acids is 1. The summed E-state index contributed by atoms with van der Waals surface area (Å²) in [6.07, 6.45) is -0.113. The summed E-state index contributed by atoms with van der Waals surface area (Å²) in [5.74, 6) is 0.118. The number of rotatable bonds is 9. The van der Waals surface area contributed by atoms with Crippen molar-refractivity contribution in [1.29, 1.82) is 0 Å². The molecule has 0 radical (unpaired) electrons. The molecule has 38 heavy (non-hydrogen) atoms. The van der Waals surface area contributed by atoms with Crippen molar-refractivity contribution in [3.8, 4) is 5.75 Å². The molecule has 0 aliphatic carbocycles. The fraction of sp³-hybridized carbons (Fsp3) is 0.172. The van der Waals surface area contributed by atoms with Crippen molar-refractivity contribution in [3.63, 3.8) is 0 Å². The number of aryl methyl sites for hydroxylation is 3. The first kappa shape index (κ1) is 26.7. The molecule has 0 aliphatic rings. The van der Waals surface area contributed by atoms with Gasteiger partial charge in [-0.1, -0.05) is 42.5 Å². The Bertz CT molecular complexity index is 1570. The molecule has 3 aromatic carbocycles. The Kier molecular flexibility index (Phi) is 7.97. The number of aromatic hydroxyl groups is 1. The fourth-order valence-electron chi connectivity index (χ4n) is 3.96. The van der Waals surface area contributed by atoms with E-state index in [1.807, 2.05) is 49.4 Å². The molecule has 0 saturated carbocycles. The van der Waals surface area contributed by atoms with Crippen molar-refractivity contribution in [2.24, 2.45) is 0 Å². The van der Waals surface area contributed by atoms with Crippen LogP contribution in [0.5, 0.6) is 5.75 Å². The van der Waals surface area contributed by atoms with Crippen LogP contribution in [0, 0.1) is 20.8 Å². The van der Waals surface area contributed by atoms with Crippen LogP contribution < -0.4 is 15.4 Å². The molecule has 0 saturated heterocycles. The van der Waals surface area contributed by atoms with Gasteiger partial charge in [-0.05, 0) is 73.9 Å². The van der Waals surface area contributed by atoms with Gasteiger partial charge in [-0.2, -0.15) is 0 Å². The lowest BCUT2D eigenvalue weighted by Gasteiger charge is -2.15. The van der Waals surface area contributed by atoms with Crippen LogP contribution in [0.2, 0.25) is 0 Å². The number of sulfonamides is 1. The second-order valence-electron chi connectivity index (χ2n) is 9.06. The van der Waals surface area contributed by atoms with Gasteiger partial charge in [0.05, 0.1) is 17.0 Å². The van der Waals surface area contributed by atoms with Crippen LogP contribution >= 0.6 is 0 Å². The van der Waals surface area contributed by atoms with E-state index in [0.29, 0.717) is 16.9 Å². The predicted octanol–water partition coefficient (Wildman–Crippen LogP) is 5.12. The summed E-state index contributed by atoms with van der Waals surface area (Å²) in [5.41, 5.74) is 4.40. The minimum absolute atomic E-state index is 0.0152. The van der Waals surface area contributed by atoms with E-state index < -0.39 is 10.0 Å². The molecule has 196 valence electrons. The zero-order chi connectivity index (χ0) is 27.3. The number of phenols is 1. The number of nitrogens with one attached hydrogen (secondary N) is 3. The average Bonchev–Trinajstić information content (AvgIpc) is 2.88. The van der Waals surface area contributed by atoms with E-state index in [9.17, 15) is 18.3 Å². The molecule has 0 spiro atoms. The van der Waals surface area contributed by atoms with Crippen LogP contribution in [0.1, 0.15) is 27.9 Å².